The zero-order valence-electron chi connectivity index (χ0n) is 7.49. The van der Waals surface area contributed by atoms with Crippen LogP contribution in [-0.4, -0.2) is 11.6 Å². The number of ketones is 2. The highest BCUT2D eigenvalue weighted by Crippen LogP contribution is 2.32. The van der Waals surface area contributed by atoms with Crippen LogP contribution in [0.5, 0.6) is 0 Å². The van der Waals surface area contributed by atoms with Crippen molar-refractivity contribution in [2.45, 2.75) is 12.3 Å². The number of Topliss-reactive ketones (excluding diaryl/α,β-unsaturated/α-hetero) is 2. The smallest absolute Gasteiger partial charge is 0.229 e. The summed E-state index contributed by atoms with van der Waals surface area (Å²) in [7, 11) is 0. The molecule has 0 amide bonds. The van der Waals surface area contributed by atoms with Crippen LogP contribution < -0.4 is 0 Å². The van der Waals surface area contributed by atoms with E-state index >= 15 is 0 Å². The van der Waals surface area contributed by atoms with E-state index in [4.69, 9.17) is 6.42 Å². The summed E-state index contributed by atoms with van der Waals surface area (Å²) < 4.78 is 0. The summed E-state index contributed by atoms with van der Waals surface area (Å²) >= 11 is 0. The first-order valence-corrected chi connectivity index (χ1v) is 4.36. The second kappa shape index (κ2) is 3.12. The molecule has 1 aliphatic carbocycles. The van der Waals surface area contributed by atoms with Gasteiger partial charge in [0.2, 0.25) is 11.6 Å². The summed E-state index contributed by atoms with van der Waals surface area (Å²) in [5.41, 5.74) is 1.29. The number of carbonyl (C=O) groups excluding carboxylic acids is 2. The molecule has 0 aromatic heterocycles. The highest BCUT2D eigenvalue weighted by atomic mass is 16.2. The lowest BCUT2D eigenvalue weighted by Gasteiger charge is -2.03. The third-order valence-corrected chi connectivity index (χ3v) is 2.44. The van der Waals surface area contributed by atoms with Crippen molar-refractivity contribution in [1.82, 2.24) is 0 Å². The lowest BCUT2D eigenvalue weighted by molar-refractivity contribution is -0.115. The minimum atomic E-state index is -0.413. The van der Waals surface area contributed by atoms with Crippen LogP contribution in [0.15, 0.2) is 24.3 Å². The van der Waals surface area contributed by atoms with E-state index in [0.29, 0.717) is 12.0 Å². The molecule has 0 spiro atoms. The molecule has 0 saturated heterocycles. The van der Waals surface area contributed by atoms with Crippen LogP contribution in [-0.2, 0) is 4.79 Å². The predicted octanol–water partition coefficient (Wildman–Crippen LogP) is 1.56. The summed E-state index contributed by atoms with van der Waals surface area (Å²) in [4.78, 5) is 23.0. The molecular weight excluding hydrogens is 176 g/mol. The van der Waals surface area contributed by atoms with Crippen LogP contribution in [0.3, 0.4) is 0 Å². The zero-order chi connectivity index (χ0) is 10.1. The first-order valence-electron chi connectivity index (χ1n) is 4.36. The van der Waals surface area contributed by atoms with Crippen LogP contribution >= 0.6 is 0 Å². The molecule has 0 heterocycles. The van der Waals surface area contributed by atoms with Gasteiger partial charge in [-0.1, -0.05) is 24.3 Å². The van der Waals surface area contributed by atoms with Crippen molar-refractivity contribution in [1.29, 1.82) is 0 Å². The van der Waals surface area contributed by atoms with Gasteiger partial charge in [0.15, 0.2) is 0 Å². The van der Waals surface area contributed by atoms with Crippen molar-refractivity contribution in [3.05, 3.63) is 35.4 Å². The van der Waals surface area contributed by atoms with Crippen molar-refractivity contribution in [3.8, 4) is 12.3 Å². The maximum Gasteiger partial charge on any atom is 0.229 e. The summed E-state index contributed by atoms with van der Waals surface area (Å²) in [6, 6.07) is 7.03. The Balaban J connectivity index is 2.54. The van der Waals surface area contributed by atoms with E-state index in [1.807, 2.05) is 6.07 Å². The number of benzene rings is 1. The molecule has 1 aromatic rings. The maximum absolute atomic E-state index is 11.5. The molecule has 0 fully saturated rings. The largest absolute Gasteiger partial charge is 0.290 e. The number of terminal acetylenes is 1. The normalized spacial score (nSPS) is 19.2. The number of hydrogen-bond acceptors (Lipinski definition) is 2. The molecular formula is C12H8O2. The fourth-order valence-electron chi connectivity index (χ4n) is 1.76. The molecule has 0 bridgehead atoms. The maximum atomic E-state index is 11.5. The minimum Gasteiger partial charge on any atom is -0.290 e. The van der Waals surface area contributed by atoms with Gasteiger partial charge in [-0.15, -0.1) is 12.3 Å². The molecule has 0 N–H and O–H groups in total. The molecule has 0 saturated carbocycles. The third-order valence-electron chi connectivity index (χ3n) is 2.44. The first kappa shape index (κ1) is 8.71. The molecule has 2 heteroatoms. The summed E-state index contributed by atoms with van der Waals surface area (Å²) in [5, 5.41) is 0. The van der Waals surface area contributed by atoms with E-state index in [9.17, 15) is 9.59 Å². The van der Waals surface area contributed by atoms with Crippen LogP contribution in [0, 0.1) is 12.3 Å². The van der Waals surface area contributed by atoms with E-state index in [1.165, 1.54) is 0 Å². The Morgan fingerprint density at radius 3 is 2.71 bits per heavy atom. The molecule has 1 aliphatic rings. The molecule has 1 atom stereocenters. The van der Waals surface area contributed by atoms with Gasteiger partial charge in [0.05, 0.1) is 5.92 Å². The lowest BCUT2D eigenvalue weighted by Crippen LogP contribution is -2.11. The van der Waals surface area contributed by atoms with Crippen LogP contribution in [0.25, 0.3) is 0 Å². The molecule has 2 nitrogen and oxygen atoms in total. The van der Waals surface area contributed by atoms with Crippen molar-refractivity contribution in [3.63, 3.8) is 0 Å². The number of hydrogen-bond donors (Lipinski definition) is 0. The second-order valence-corrected chi connectivity index (χ2v) is 3.24. The fraction of sp³-hybridized carbons (Fsp3) is 0.167. The topological polar surface area (TPSA) is 34.1 Å². The summed E-state index contributed by atoms with van der Waals surface area (Å²) in [5.74, 6) is 1.24. The minimum absolute atomic E-state index is 0.307. The Morgan fingerprint density at radius 2 is 2.00 bits per heavy atom. The average Bonchev–Trinajstić information content (AvgIpc) is 2.45. The van der Waals surface area contributed by atoms with Gasteiger partial charge in [-0.25, -0.2) is 0 Å². The van der Waals surface area contributed by atoms with E-state index < -0.39 is 11.7 Å². The van der Waals surface area contributed by atoms with E-state index in [-0.39, 0.29) is 5.78 Å². The van der Waals surface area contributed by atoms with Gasteiger partial charge in [0.25, 0.3) is 0 Å². The van der Waals surface area contributed by atoms with Crippen molar-refractivity contribution < 1.29 is 9.59 Å². The van der Waals surface area contributed by atoms with Crippen molar-refractivity contribution >= 4 is 11.6 Å². The molecule has 68 valence electrons. The zero-order valence-corrected chi connectivity index (χ0v) is 7.49. The SMILES string of the molecule is C#CCC1C(=O)C(=O)c2ccccc21. The van der Waals surface area contributed by atoms with Gasteiger partial charge in [-0.2, -0.15) is 0 Å². The molecule has 0 radical (unpaired) electrons. The quantitative estimate of drug-likeness (QED) is 0.490. The van der Waals surface area contributed by atoms with E-state index in [1.54, 1.807) is 18.2 Å². The van der Waals surface area contributed by atoms with Gasteiger partial charge >= 0.3 is 0 Å². The lowest BCUT2D eigenvalue weighted by atomic mass is 9.98. The molecule has 1 aromatic carbocycles. The predicted molar refractivity (Wildman–Crippen MR) is 52.0 cm³/mol. The number of rotatable bonds is 1. The Kier molecular flexibility index (Phi) is 1.94. The highest BCUT2D eigenvalue weighted by molar-refractivity contribution is 6.48. The van der Waals surface area contributed by atoms with Crippen molar-refractivity contribution in [2.24, 2.45) is 0 Å². The third kappa shape index (κ3) is 1.06. The first-order chi connectivity index (χ1) is 6.75. The van der Waals surface area contributed by atoms with E-state index in [2.05, 4.69) is 5.92 Å². The Morgan fingerprint density at radius 1 is 1.29 bits per heavy atom. The van der Waals surface area contributed by atoms with Crippen LogP contribution in [0.1, 0.15) is 28.3 Å². The van der Waals surface area contributed by atoms with Crippen molar-refractivity contribution in [2.75, 3.05) is 0 Å². The second-order valence-electron chi connectivity index (χ2n) is 3.24. The molecule has 1 unspecified atom stereocenters. The molecule has 14 heavy (non-hydrogen) atoms. The van der Waals surface area contributed by atoms with Gasteiger partial charge in [0, 0.05) is 12.0 Å². The highest BCUT2D eigenvalue weighted by Gasteiger charge is 2.36. The molecule has 2 rings (SSSR count). The monoisotopic (exact) mass is 184 g/mol. The summed E-state index contributed by atoms with van der Waals surface area (Å²) in [6.45, 7) is 0. The average molecular weight is 184 g/mol. The van der Waals surface area contributed by atoms with Gasteiger partial charge < -0.3 is 0 Å². The van der Waals surface area contributed by atoms with Gasteiger partial charge in [-0.3, -0.25) is 9.59 Å². The van der Waals surface area contributed by atoms with E-state index in [0.717, 1.165) is 5.56 Å². The standard InChI is InChI=1S/C12H8O2/c1-2-5-9-8-6-3-4-7-10(8)12(14)11(9)13/h1,3-4,6-7,9H,5H2. The number of carbonyl (C=O) groups is 2. The van der Waals surface area contributed by atoms with Gasteiger partial charge in [0.1, 0.15) is 0 Å². The Labute approximate surface area is 81.9 Å². The Bertz CT molecular complexity index is 452. The van der Waals surface area contributed by atoms with Gasteiger partial charge in [-0.05, 0) is 5.56 Å². The van der Waals surface area contributed by atoms with Crippen LogP contribution in [0.2, 0.25) is 0 Å². The van der Waals surface area contributed by atoms with Crippen LogP contribution in [0.4, 0.5) is 0 Å². The Hall–Kier alpha value is -1.88. The molecule has 0 aliphatic heterocycles. The summed E-state index contributed by atoms with van der Waals surface area (Å²) in [6.07, 6.45) is 5.47. The fourth-order valence-corrected chi connectivity index (χ4v) is 1.76. The number of fused-ring (bicyclic) bond motifs is 1.